The molecule has 0 amide bonds. The van der Waals surface area contributed by atoms with E-state index in [9.17, 15) is 0 Å². The maximum atomic E-state index is 6.50. The first-order valence-corrected chi connectivity index (χ1v) is 6.36. The molecule has 0 saturated heterocycles. The van der Waals surface area contributed by atoms with E-state index >= 15 is 0 Å². The minimum Gasteiger partial charge on any atom is -0.113 e. The minimum atomic E-state index is -0.144. The van der Waals surface area contributed by atoms with Crippen LogP contribution < -0.4 is 0 Å². The monoisotopic (exact) mass is 264 g/mol. The number of hydrogen-bond acceptors (Lipinski definition) is 0. The fourth-order valence-electron chi connectivity index (χ4n) is 1.95. The molecule has 0 fully saturated rings. The Bertz CT molecular complexity index is 532. The Kier molecular flexibility index (Phi) is 3.76. The highest BCUT2D eigenvalue weighted by Crippen LogP contribution is 2.32. The highest BCUT2D eigenvalue weighted by molar-refractivity contribution is 6.30. The van der Waals surface area contributed by atoms with Gasteiger partial charge in [0.05, 0.1) is 5.38 Å². The molecule has 2 rings (SSSR count). The van der Waals surface area contributed by atoms with Crippen molar-refractivity contribution in [3.63, 3.8) is 0 Å². The van der Waals surface area contributed by atoms with E-state index < -0.39 is 0 Å². The normalized spacial score (nSPS) is 12.5. The molecule has 0 radical (unpaired) electrons. The van der Waals surface area contributed by atoms with Crippen molar-refractivity contribution in [3.05, 3.63) is 69.7 Å². The Morgan fingerprint density at radius 2 is 1.76 bits per heavy atom. The topological polar surface area (TPSA) is 0 Å². The lowest BCUT2D eigenvalue weighted by Crippen LogP contribution is -1.96. The standard InChI is InChI=1S/C15H14Cl2/c1-10-6-7-14(11(2)8-10)15(17)12-4-3-5-13(16)9-12/h3-9,15H,1-2H3. The molecule has 0 aliphatic carbocycles. The molecule has 88 valence electrons. The van der Waals surface area contributed by atoms with Crippen LogP contribution in [0.4, 0.5) is 0 Å². The quantitative estimate of drug-likeness (QED) is 0.647. The van der Waals surface area contributed by atoms with Crippen molar-refractivity contribution in [1.82, 2.24) is 0 Å². The molecular weight excluding hydrogens is 251 g/mol. The van der Waals surface area contributed by atoms with E-state index in [1.165, 1.54) is 11.1 Å². The van der Waals surface area contributed by atoms with Gasteiger partial charge in [-0.2, -0.15) is 0 Å². The van der Waals surface area contributed by atoms with E-state index in [1.807, 2.05) is 24.3 Å². The predicted octanol–water partition coefficient (Wildman–Crippen LogP) is 5.29. The summed E-state index contributed by atoms with van der Waals surface area (Å²) in [5.41, 5.74) is 4.64. The van der Waals surface area contributed by atoms with Crippen molar-refractivity contribution < 1.29 is 0 Å². The van der Waals surface area contributed by atoms with E-state index in [2.05, 4.69) is 32.0 Å². The third kappa shape index (κ3) is 2.83. The zero-order valence-electron chi connectivity index (χ0n) is 9.87. The van der Waals surface area contributed by atoms with E-state index in [4.69, 9.17) is 23.2 Å². The molecule has 0 bridgehead atoms. The van der Waals surface area contributed by atoms with Crippen LogP contribution in [0, 0.1) is 13.8 Å². The minimum absolute atomic E-state index is 0.144. The smallest absolute Gasteiger partial charge is 0.0838 e. The van der Waals surface area contributed by atoms with Gasteiger partial charge in [-0.3, -0.25) is 0 Å². The molecule has 0 heterocycles. The van der Waals surface area contributed by atoms with Crippen LogP contribution in [-0.4, -0.2) is 0 Å². The fourth-order valence-corrected chi connectivity index (χ4v) is 2.53. The Balaban J connectivity index is 2.40. The molecule has 0 N–H and O–H groups in total. The lowest BCUT2D eigenvalue weighted by molar-refractivity contribution is 1.10. The van der Waals surface area contributed by atoms with Crippen LogP contribution in [0.2, 0.25) is 5.02 Å². The van der Waals surface area contributed by atoms with Gasteiger partial charge >= 0.3 is 0 Å². The van der Waals surface area contributed by atoms with E-state index in [0.717, 1.165) is 16.1 Å². The lowest BCUT2D eigenvalue weighted by Gasteiger charge is -2.14. The number of rotatable bonds is 2. The molecule has 0 aliphatic heterocycles. The van der Waals surface area contributed by atoms with E-state index in [0.29, 0.717) is 0 Å². The SMILES string of the molecule is Cc1ccc(C(Cl)c2cccc(Cl)c2)c(C)c1. The average molecular weight is 265 g/mol. The molecular formula is C15H14Cl2. The first-order chi connectivity index (χ1) is 8.08. The first-order valence-electron chi connectivity index (χ1n) is 5.54. The van der Waals surface area contributed by atoms with Crippen LogP contribution in [0.3, 0.4) is 0 Å². The van der Waals surface area contributed by atoms with Gasteiger partial charge in [-0.15, -0.1) is 11.6 Å². The summed E-state index contributed by atoms with van der Waals surface area (Å²) < 4.78 is 0. The van der Waals surface area contributed by atoms with Gasteiger partial charge in [0.15, 0.2) is 0 Å². The Morgan fingerprint density at radius 3 is 2.41 bits per heavy atom. The Morgan fingerprint density at radius 1 is 1.00 bits per heavy atom. The first kappa shape index (κ1) is 12.5. The van der Waals surface area contributed by atoms with Crippen LogP contribution in [0.25, 0.3) is 0 Å². The second kappa shape index (κ2) is 5.12. The van der Waals surface area contributed by atoms with Crippen molar-refractivity contribution in [2.45, 2.75) is 19.2 Å². The van der Waals surface area contributed by atoms with Crippen LogP contribution in [0.15, 0.2) is 42.5 Å². The summed E-state index contributed by atoms with van der Waals surface area (Å²) in [7, 11) is 0. The van der Waals surface area contributed by atoms with Crippen LogP contribution in [0.1, 0.15) is 27.6 Å². The molecule has 0 saturated carbocycles. The summed E-state index contributed by atoms with van der Waals surface area (Å²) in [6, 6.07) is 14.0. The molecule has 1 unspecified atom stereocenters. The molecule has 0 aromatic heterocycles. The number of aryl methyl sites for hydroxylation is 2. The van der Waals surface area contributed by atoms with E-state index in [-0.39, 0.29) is 5.38 Å². The van der Waals surface area contributed by atoms with Gasteiger partial charge < -0.3 is 0 Å². The molecule has 0 spiro atoms. The van der Waals surface area contributed by atoms with Crippen molar-refractivity contribution in [2.24, 2.45) is 0 Å². The zero-order valence-corrected chi connectivity index (χ0v) is 11.4. The number of halogens is 2. The summed E-state index contributed by atoms with van der Waals surface area (Å²) in [6.45, 7) is 4.17. The number of hydrogen-bond donors (Lipinski definition) is 0. The summed E-state index contributed by atoms with van der Waals surface area (Å²) in [6.07, 6.45) is 0. The molecule has 2 heteroatoms. The summed E-state index contributed by atoms with van der Waals surface area (Å²) in [5.74, 6) is 0. The molecule has 17 heavy (non-hydrogen) atoms. The van der Waals surface area contributed by atoms with Gasteiger partial charge in [0.1, 0.15) is 0 Å². The third-order valence-electron chi connectivity index (χ3n) is 2.84. The second-order valence-corrected chi connectivity index (χ2v) is 5.15. The molecule has 2 aromatic carbocycles. The zero-order chi connectivity index (χ0) is 12.4. The van der Waals surface area contributed by atoms with Gasteiger partial charge in [0, 0.05) is 5.02 Å². The van der Waals surface area contributed by atoms with Crippen molar-refractivity contribution in [2.75, 3.05) is 0 Å². The van der Waals surface area contributed by atoms with Crippen LogP contribution >= 0.6 is 23.2 Å². The van der Waals surface area contributed by atoms with Crippen LogP contribution in [0.5, 0.6) is 0 Å². The maximum absolute atomic E-state index is 6.50. The maximum Gasteiger partial charge on any atom is 0.0838 e. The third-order valence-corrected chi connectivity index (χ3v) is 3.56. The number of alkyl halides is 1. The van der Waals surface area contributed by atoms with Crippen molar-refractivity contribution >= 4 is 23.2 Å². The summed E-state index contributed by atoms with van der Waals surface area (Å²) in [4.78, 5) is 0. The van der Waals surface area contributed by atoms with Gasteiger partial charge in [0.25, 0.3) is 0 Å². The lowest BCUT2D eigenvalue weighted by atomic mass is 9.98. The highest BCUT2D eigenvalue weighted by Gasteiger charge is 2.13. The van der Waals surface area contributed by atoms with Gasteiger partial charge in [0.2, 0.25) is 0 Å². The van der Waals surface area contributed by atoms with Gasteiger partial charge in [-0.25, -0.2) is 0 Å². The van der Waals surface area contributed by atoms with Gasteiger partial charge in [-0.05, 0) is 42.7 Å². The average Bonchev–Trinajstić information content (AvgIpc) is 2.28. The van der Waals surface area contributed by atoms with E-state index in [1.54, 1.807) is 0 Å². The number of benzene rings is 2. The molecule has 2 aromatic rings. The Labute approximate surface area is 112 Å². The molecule has 0 nitrogen and oxygen atoms in total. The van der Waals surface area contributed by atoms with Crippen molar-refractivity contribution in [3.8, 4) is 0 Å². The molecule has 0 aliphatic rings. The highest BCUT2D eigenvalue weighted by atomic mass is 35.5. The van der Waals surface area contributed by atoms with Gasteiger partial charge in [-0.1, -0.05) is 47.5 Å². The largest absolute Gasteiger partial charge is 0.113 e. The summed E-state index contributed by atoms with van der Waals surface area (Å²) in [5, 5.41) is 0.576. The van der Waals surface area contributed by atoms with Crippen molar-refractivity contribution in [1.29, 1.82) is 0 Å². The second-order valence-electron chi connectivity index (χ2n) is 4.28. The summed E-state index contributed by atoms with van der Waals surface area (Å²) >= 11 is 12.5. The predicted molar refractivity (Wildman–Crippen MR) is 75.1 cm³/mol. The fraction of sp³-hybridized carbons (Fsp3) is 0.200. The van der Waals surface area contributed by atoms with Crippen LogP contribution in [-0.2, 0) is 0 Å². The Hall–Kier alpha value is -0.980. The molecule has 1 atom stereocenters.